The summed E-state index contributed by atoms with van der Waals surface area (Å²) in [7, 11) is 0. The van der Waals surface area contributed by atoms with Crippen LogP contribution in [-0.2, 0) is 4.74 Å². The third-order valence-corrected chi connectivity index (χ3v) is 4.78. The molecule has 2 aliphatic rings. The number of carbonyl (C=O) groups is 1. The second-order valence-corrected chi connectivity index (χ2v) is 6.90. The summed E-state index contributed by atoms with van der Waals surface area (Å²) < 4.78 is 22.0. The fourth-order valence-corrected chi connectivity index (χ4v) is 3.29. The lowest BCUT2D eigenvalue weighted by Gasteiger charge is -2.16. The second kappa shape index (κ2) is 9.49. The Morgan fingerprint density at radius 3 is 2.90 bits per heavy atom. The molecule has 0 bridgehead atoms. The second-order valence-electron chi connectivity index (χ2n) is 6.90. The zero-order valence-electron chi connectivity index (χ0n) is 16.8. The van der Waals surface area contributed by atoms with Gasteiger partial charge in [0.2, 0.25) is 12.8 Å². The summed E-state index contributed by atoms with van der Waals surface area (Å²) in [5, 5.41) is 6.05. The third-order valence-electron chi connectivity index (χ3n) is 4.78. The number of anilines is 1. The molecule has 0 saturated carbocycles. The number of aliphatic imine (C=N–C) groups is 1. The zero-order valence-corrected chi connectivity index (χ0v) is 16.8. The van der Waals surface area contributed by atoms with Gasteiger partial charge in [-0.1, -0.05) is 12.1 Å². The predicted molar refractivity (Wildman–Crippen MR) is 113 cm³/mol. The van der Waals surface area contributed by atoms with E-state index < -0.39 is 0 Å². The first kappa shape index (κ1) is 20.0. The van der Waals surface area contributed by atoms with Gasteiger partial charge < -0.3 is 24.3 Å². The average molecular weight is 411 g/mol. The Morgan fingerprint density at radius 2 is 2.07 bits per heavy atom. The number of fused-ring (bicyclic) bond motifs is 1. The van der Waals surface area contributed by atoms with Gasteiger partial charge in [0.05, 0.1) is 24.9 Å². The summed E-state index contributed by atoms with van der Waals surface area (Å²) in [6.07, 6.45) is 2.05. The third kappa shape index (κ3) is 4.83. The number of ether oxygens (including phenoxy) is 4. The number of rotatable bonds is 6. The lowest BCUT2D eigenvalue weighted by atomic mass is 10.2. The highest BCUT2D eigenvalue weighted by Gasteiger charge is 2.19. The van der Waals surface area contributed by atoms with E-state index in [2.05, 4.69) is 15.6 Å². The van der Waals surface area contributed by atoms with Gasteiger partial charge in [-0.3, -0.25) is 10.1 Å². The number of para-hydroxylation sites is 2. The van der Waals surface area contributed by atoms with Gasteiger partial charge in [0.1, 0.15) is 5.75 Å². The van der Waals surface area contributed by atoms with Crippen LogP contribution in [0.15, 0.2) is 47.5 Å². The van der Waals surface area contributed by atoms with Crippen LogP contribution < -0.4 is 24.8 Å². The molecule has 4 rings (SSSR count). The molecule has 1 unspecified atom stereocenters. The van der Waals surface area contributed by atoms with Crippen molar-refractivity contribution in [3.05, 3.63) is 48.0 Å². The molecule has 2 aliphatic heterocycles. The summed E-state index contributed by atoms with van der Waals surface area (Å²) in [5.41, 5.74) is 1.17. The lowest BCUT2D eigenvalue weighted by Crippen LogP contribution is -2.36. The maximum absolute atomic E-state index is 12.9. The van der Waals surface area contributed by atoms with Gasteiger partial charge in [0.15, 0.2) is 11.5 Å². The van der Waals surface area contributed by atoms with Gasteiger partial charge in [-0.2, -0.15) is 0 Å². The molecular weight excluding hydrogens is 386 g/mol. The van der Waals surface area contributed by atoms with Crippen LogP contribution in [0.3, 0.4) is 0 Å². The summed E-state index contributed by atoms with van der Waals surface area (Å²) in [6.45, 7) is 3.82. The first-order valence-electron chi connectivity index (χ1n) is 10.1. The molecule has 8 nitrogen and oxygen atoms in total. The molecule has 0 aliphatic carbocycles. The number of nitrogens with one attached hydrogen (secondary N) is 2. The van der Waals surface area contributed by atoms with Crippen LogP contribution in [0.1, 0.15) is 30.1 Å². The van der Waals surface area contributed by atoms with Gasteiger partial charge in [-0.25, -0.2) is 4.99 Å². The Kier molecular flexibility index (Phi) is 6.34. The minimum Gasteiger partial charge on any atom is -0.492 e. The van der Waals surface area contributed by atoms with E-state index in [0.717, 1.165) is 25.1 Å². The average Bonchev–Trinajstić information content (AvgIpc) is 3.44. The Hall–Kier alpha value is -3.26. The molecule has 2 N–H and O–H groups in total. The van der Waals surface area contributed by atoms with Gasteiger partial charge in [-0.15, -0.1) is 0 Å². The molecule has 1 atom stereocenters. The Labute approximate surface area is 175 Å². The van der Waals surface area contributed by atoms with E-state index in [1.165, 1.54) is 0 Å². The summed E-state index contributed by atoms with van der Waals surface area (Å²) in [4.78, 5) is 17.4. The number of carbonyl (C=O) groups excluding carboxylic acids is 1. The zero-order chi connectivity index (χ0) is 20.8. The quantitative estimate of drug-likeness (QED) is 0.561. The molecule has 30 heavy (non-hydrogen) atoms. The van der Waals surface area contributed by atoms with E-state index in [9.17, 15) is 4.79 Å². The minimum absolute atomic E-state index is 0.0615. The highest BCUT2D eigenvalue weighted by Crippen LogP contribution is 2.32. The van der Waals surface area contributed by atoms with Crippen LogP contribution in [-0.4, -0.2) is 44.5 Å². The van der Waals surface area contributed by atoms with Crippen LogP contribution in [0.4, 0.5) is 5.69 Å². The maximum atomic E-state index is 12.9. The maximum Gasteiger partial charge on any atom is 0.258 e. The molecule has 2 aromatic carbocycles. The largest absolute Gasteiger partial charge is 0.492 e. The predicted octanol–water partition coefficient (Wildman–Crippen LogP) is 3.19. The van der Waals surface area contributed by atoms with Crippen LogP contribution in [0.25, 0.3) is 0 Å². The van der Waals surface area contributed by atoms with E-state index in [-0.39, 0.29) is 18.8 Å². The van der Waals surface area contributed by atoms with Crippen molar-refractivity contribution in [3.8, 4) is 17.2 Å². The van der Waals surface area contributed by atoms with Crippen molar-refractivity contribution < 1.29 is 23.7 Å². The standard InChI is InChI=1S/C22H25N3O5/c1-2-27-18-8-4-3-7-17(18)24-22(23-13-16-6-5-11-28-16)25-21(26)15-9-10-19-20(12-15)30-14-29-19/h3-4,7-10,12,16H,2,5-6,11,13-14H2,1H3,(H2,23,24,25,26). The number of benzene rings is 2. The molecular formula is C22H25N3O5. The SMILES string of the molecule is CCOc1ccccc1NC(=NCC1CCCO1)NC(=O)c1ccc2c(c1)OCO2. The van der Waals surface area contributed by atoms with Crippen molar-refractivity contribution in [3.63, 3.8) is 0 Å². The Bertz CT molecular complexity index is 925. The van der Waals surface area contributed by atoms with Crippen molar-refractivity contribution in [2.24, 2.45) is 4.99 Å². The van der Waals surface area contributed by atoms with Crippen LogP contribution >= 0.6 is 0 Å². The van der Waals surface area contributed by atoms with Crippen molar-refractivity contribution in [2.45, 2.75) is 25.9 Å². The van der Waals surface area contributed by atoms with Gasteiger partial charge in [0.25, 0.3) is 5.91 Å². The molecule has 158 valence electrons. The van der Waals surface area contributed by atoms with Crippen LogP contribution in [0, 0.1) is 0 Å². The summed E-state index contributed by atoms with van der Waals surface area (Å²) >= 11 is 0. The number of amides is 1. The molecule has 2 aromatic rings. The molecule has 2 heterocycles. The monoisotopic (exact) mass is 411 g/mol. The van der Waals surface area contributed by atoms with E-state index in [0.29, 0.717) is 41.9 Å². The van der Waals surface area contributed by atoms with Crippen molar-refractivity contribution in [2.75, 3.05) is 31.9 Å². The van der Waals surface area contributed by atoms with E-state index in [4.69, 9.17) is 18.9 Å². The molecule has 8 heteroatoms. The molecule has 1 fully saturated rings. The van der Waals surface area contributed by atoms with Crippen molar-refractivity contribution in [1.82, 2.24) is 5.32 Å². The van der Waals surface area contributed by atoms with E-state index >= 15 is 0 Å². The highest BCUT2D eigenvalue weighted by atomic mass is 16.7. The van der Waals surface area contributed by atoms with Crippen LogP contribution in [0.2, 0.25) is 0 Å². The van der Waals surface area contributed by atoms with Gasteiger partial charge in [-0.05, 0) is 50.1 Å². The number of nitrogens with zero attached hydrogens (tertiary/aromatic N) is 1. The number of hydrogen-bond donors (Lipinski definition) is 2. The fourth-order valence-electron chi connectivity index (χ4n) is 3.29. The smallest absolute Gasteiger partial charge is 0.258 e. The van der Waals surface area contributed by atoms with E-state index in [1.807, 2.05) is 31.2 Å². The first-order valence-corrected chi connectivity index (χ1v) is 10.1. The number of guanidine groups is 1. The molecule has 0 spiro atoms. The molecule has 1 saturated heterocycles. The van der Waals surface area contributed by atoms with Crippen molar-refractivity contribution in [1.29, 1.82) is 0 Å². The fraction of sp³-hybridized carbons (Fsp3) is 0.364. The topological polar surface area (TPSA) is 90.4 Å². The van der Waals surface area contributed by atoms with E-state index in [1.54, 1.807) is 18.2 Å². The summed E-state index contributed by atoms with van der Waals surface area (Å²) in [5.74, 6) is 1.89. The molecule has 0 aromatic heterocycles. The highest BCUT2D eigenvalue weighted by molar-refractivity contribution is 6.10. The Morgan fingerprint density at radius 1 is 1.20 bits per heavy atom. The number of hydrogen-bond acceptors (Lipinski definition) is 6. The minimum atomic E-state index is -0.305. The lowest BCUT2D eigenvalue weighted by molar-refractivity contribution is 0.0975. The van der Waals surface area contributed by atoms with Crippen LogP contribution in [0.5, 0.6) is 17.2 Å². The molecule has 1 amide bonds. The first-order chi connectivity index (χ1) is 14.7. The van der Waals surface area contributed by atoms with Gasteiger partial charge in [0, 0.05) is 12.2 Å². The van der Waals surface area contributed by atoms with Crippen molar-refractivity contribution >= 4 is 17.6 Å². The normalized spacial score (nSPS) is 17.6. The summed E-state index contributed by atoms with van der Waals surface area (Å²) in [6, 6.07) is 12.6. The van der Waals surface area contributed by atoms with Gasteiger partial charge >= 0.3 is 0 Å². The molecule has 0 radical (unpaired) electrons. The Balaban J connectivity index is 1.52.